The van der Waals surface area contributed by atoms with Gasteiger partial charge in [0.2, 0.25) is 0 Å². The van der Waals surface area contributed by atoms with Crippen LogP contribution in [0.2, 0.25) is 0 Å². The lowest BCUT2D eigenvalue weighted by Gasteiger charge is -2.11. The number of halogens is 1. The molecule has 0 spiro atoms. The molecule has 0 aliphatic carbocycles. The van der Waals surface area contributed by atoms with Gasteiger partial charge in [-0.05, 0) is 30.5 Å². The molecule has 3 heteroatoms. The van der Waals surface area contributed by atoms with E-state index < -0.39 is 0 Å². The van der Waals surface area contributed by atoms with Crippen LogP contribution in [0.25, 0.3) is 0 Å². The lowest BCUT2D eigenvalue weighted by atomic mass is 10.4. The lowest BCUT2D eigenvalue weighted by Crippen LogP contribution is -2.22. The number of rotatable bonds is 3. The highest BCUT2D eigenvalue weighted by Crippen LogP contribution is 2.05. The van der Waals surface area contributed by atoms with Gasteiger partial charge in [0.05, 0.1) is 0 Å². The Morgan fingerprint density at radius 3 is 2.56 bits per heavy atom. The first kappa shape index (κ1) is 6.96. The number of likely N-dealkylation sites (tertiary alicyclic amines) is 1. The van der Waals surface area contributed by atoms with E-state index in [1.165, 1.54) is 12.8 Å². The molecule has 1 fully saturated rings. The van der Waals surface area contributed by atoms with Crippen molar-refractivity contribution >= 4 is 0 Å². The highest BCUT2D eigenvalue weighted by atomic mass is 19.3. The Bertz CT molecular complexity index is 73.5. The third-order valence-electron chi connectivity index (χ3n) is 1.68. The molecule has 54 valence electrons. The number of hydrogen-bond acceptors (Lipinski definition) is 2. The summed E-state index contributed by atoms with van der Waals surface area (Å²) in [4.78, 5) is 5.67. The summed E-state index contributed by atoms with van der Waals surface area (Å²) in [6.45, 7) is 3.20. The van der Waals surface area contributed by atoms with Crippen molar-refractivity contribution in [2.24, 2.45) is 0 Å². The van der Waals surface area contributed by atoms with E-state index in [1.807, 2.05) is 0 Å². The van der Waals surface area contributed by atoms with Gasteiger partial charge < -0.3 is 4.90 Å². The van der Waals surface area contributed by atoms with Crippen molar-refractivity contribution in [3.63, 3.8) is 0 Å². The third-order valence-corrected chi connectivity index (χ3v) is 1.68. The molecular formula is C6H12FNO. The van der Waals surface area contributed by atoms with Crippen LogP contribution in [0.1, 0.15) is 12.8 Å². The monoisotopic (exact) mass is 133 g/mol. The van der Waals surface area contributed by atoms with Crippen LogP contribution >= 0.6 is 0 Å². The van der Waals surface area contributed by atoms with Crippen LogP contribution < -0.4 is 0 Å². The molecule has 0 radical (unpaired) electrons. The molecular weight excluding hydrogens is 121 g/mol. The Morgan fingerprint density at radius 1 is 1.33 bits per heavy atom. The zero-order valence-electron chi connectivity index (χ0n) is 5.48. The molecule has 0 aromatic rings. The Labute approximate surface area is 54.5 Å². The average Bonchev–Trinajstić information content (AvgIpc) is 2.34. The van der Waals surface area contributed by atoms with Crippen LogP contribution in [0, 0.1) is 0 Å². The van der Waals surface area contributed by atoms with Gasteiger partial charge in [0, 0.05) is 6.54 Å². The molecule has 2 nitrogen and oxygen atoms in total. The van der Waals surface area contributed by atoms with Gasteiger partial charge in [-0.3, -0.25) is 0 Å². The SMILES string of the molecule is FOCCN1CCCC1. The highest BCUT2D eigenvalue weighted by molar-refractivity contribution is 4.64. The average molecular weight is 133 g/mol. The number of nitrogens with zero attached hydrogens (tertiary/aromatic N) is 1. The summed E-state index contributed by atoms with van der Waals surface area (Å²) in [5.74, 6) is 0. The van der Waals surface area contributed by atoms with E-state index in [0.29, 0.717) is 0 Å². The van der Waals surface area contributed by atoms with Gasteiger partial charge in [-0.25, -0.2) is 0 Å². The van der Waals surface area contributed by atoms with E-state index in [-0.39, 0.29) is 6.61 Å². The minimum Gasteiger partial charge on any atom is -0.301 e. The van der Waals surface area contributed by atoms with Crippen LogP contribution in [-0.2, 0) is 4.94 Å². The second-order valence-corrected chi connectivity index (χ2v) is 2.36. The maximum Gasteiger partial charge on any atom is 0.100 e. The van der Waals surface area contributed by atoms with Gasteiger partial charge in [-0.1, -0.05) is 0 Å². The van der Waals surface area contributed by atoms with Crippen molar-refractivity contribution in [3.8, 4) is 0 Å². The van der Waals surface area contributed by atoms with E-state index in [1.54, 1.807) is 0 Å². The summed E-state index contributed by atoms with van der Waals surface area (Å²) in [5.41, 5.74) is 0. The van der Waals surface area contributed by atoms with E-state index in [4.69, 9.17) is 0 Å². The molecule has 0 bridgehead atoms. The van der Waals surface area contributed by atoms with Crippen molar-refractivity contribution in [2.45, 2.75) is 12.8 Å². The quantitative estimate of drug-likeness (QED) is 0.569. The molecule has 0 aromatic heterocycles. The summed E-state index contributed by atoms with van der Waals surface area (Å²) in [5, 5.41) is 0. The summed E-state index contributed by atoms with van der Waals surface area (Å²) < 4.78 is 11.1. The van der Waals surface area contributed by atoms with E-state index in [2.05, 4.69) is 9.84 Å². The molecule has 1 rings (SSSR count). The summed E-state index contributed by atoms with van der Waals surface area (Å²) in [7, 11) is 0. The van der Waals surface area contributed by atoms with Gasteiger partial charge in [0.1, 0.15) is 6.61 Å². The van der Waals surface area contributed by atoms with Crippen molar-refractivity contribution in [2.75, 3.05) is 26.2 Å². The summed E-state index contributed by atoms with van der Waals surface area (Å²) >= 11 is 0. The maximum absolute atomic E-state index is 11.1. The van der Waals surface area contributed by atoms with Gasteiger partial charge in [0.25, 0.3) is 0 Å². The fourth-order valence-corrected chi connectivity index (χ4v) is 1.17. The van der Waals surface area contributed by atoms with Gasteiger partial charge in [0.15, 0.2) is 0 Å². The molecule has 1 aliphatic heterocycles. The molecule has 0 aromatic carbocycles. The molecule has 9 heavy (non-hydrogen) atoms. The molecule has 1 saturated heterocycles. The Morgan fingerprint density at radius 2 is 2.00 bits per heavy atom. The minimum absolute atomic E-state index is 0.222. The fourth-order valence-electron chi connectivity index (χ4n) is 1.17. The van der Waals surface area contributed by atoms with Crippen molar-refractivity contribution in [3.05, 3.63) is 0 Å². The topological polar surface area (TPSA) is 12.5 Å². The first-order valence-electron chi connectivity index (χ1n) is 3.39. The molecule has 1 heterocycles. The van der Waals surface area contributed by atoms with Crippen LogP contribution in [-0.4, -0.2) is 31.1 Å². The molecule has 0 N–H and O–H groups in total. The highest BCUT2D eigenvalue weighted by Gasteiger charge is 2.09. The standard InChI is InChI=1S/C6H12FNO/c7-9-6-5-8-3-1-2-4-8/h1-6H2. The smallest absolute Gasteiger partial charge is 0.100 e. The maximum atomic E-state index is 11.1. The van der Waals surface area contributed by atoms with Crippen LogP contribution in [0.3, 0.4) is 0 Å². The molecule has 0 atom stereocenters. The zero-order chi connectivity index (χ0) is 6.53. The second-order valence-electron chi connectivity index (χ2n) is 2.36. The Hall–Kier alpha value is -0.150. The zero-order valence-corrected chi connectivity index (χ0v) is 5.48. The lowest BCUT2D eigenvalue weighted by molar-refractivity contribution is -0.135. The van der Waals surface area contributed by atoms with Crippen LogP contribution in [0.5, 0.6) is 0 Å². The number of hydrogen-bond donors (Lipinski definition) is 0. The van der Waals surface area contributed by atoms with E-state index in [9.17, 15) is 4.53 Å². The normalized spacial score (nSPS) is 21.0. The summed E-state index contributed by atoms with van der Waals surface area (Å²) in [6.07, 6.45) is 2.51. The third kappa shape index (κ3) is 2.28. The molecule has 0 amide bonds. The Kier molecular flexibility index (Phi) is 2.94. The largest absolute Gasteiger partial charge is 0.301 e. The van der Waals surface area contributed by atoms with Gasteiger partial charge in [-0.2, -0.15) is 4.94 Å². The predicted molar refractivity (Wildman–Crippen MR) is 32.7 cm³/mol. The second kappa shape index (κ2) is 3.80. The fraction of sp³-hybridized carbons (Fsp3) is 1.00. The Balaban J connectivity index is 1.98. The van der Waals surface area contributed by atoms with Crippen molar-refractivity contribution in [1.82, 2.24) is 4.90 Å². The van der Waals surface area contributed by atoms with Crippen molar-refractivity contribution < 1.29 is 9.47 Å². The molecule has 0 unspecified atom stereocenters. The van der Waals surface area contributed by atoms with Gasteiger partial charge >= 0.3 is 0 Å². The minimum atomic E-state index is 0.222. The first-order chi connectivity index (χ1) is 4.43. The van der Waals surface area contributed by atoms with E-state index >= 15 is 0 Å². The molecule has 0 saturated carbocycles. The summed E-state index contributed by atoms with van der Waals surface area (Å²) in [6, 6.07) is 0. The molecule has 1 aliphatic rings. The van der Waals surface area contributed by atoms with Crippen LogP contribution in [0.4, 0.5) is 4.53 Å². The van der Waals surface area contributed by atoms with Gasteiger partial charge in [-0.15, -0.1) is 0 Å². The van der Waals surface area contributed by atoms with Crippen molar-refractivity contribution in [1.29, 1.82) is 0 Å². The van der Waals surface area contributed by atoms with Crippen LogP contribution in [0.15, 0.2) is 0 Å². The predicted octanol–water partition coefficient (Wildman–Crippen LogP) is 0.983. The van der Waals surface area contributed by atoms with E-state index in [0.717, 1.165) is 19.6 Å². The first-order valence-corrected chi connectivity index (χ1v) is 3.39.